The van der Waals surface area contributed by atoms with Crippen molar-refractivity contribution in [3.63, 3.8) is 0 Å². The summed E-state index contributed by atoms with van der Waals surface area (Å²) in [6.45, 7) is 0. The number of nitrogens with one attached hydrogen (secondary N) is 2. The van der Waals surface area contributed by atoms with Crippen LogP contribution < -0.4 is 10.6 Å². The first-order chi connectivity index (χ1) is 18.0. The van der Waals surface area contributed by atoms with Crippen LogP contribution in [0, 0.1) is 5.92 Å². The summed E-state index contributed by atoms with van der Waals surface area (Å²) in [6, 6.07) is 11.0. The summed E-state index contributed by atoms with van der Waals surface area (Å²) in [5, 5.41) is 28.3. The highest BCUT2D eigenvalue weighted by Crippen LogP contribution is 2.41. The number of amides is 2. The average Bonchev–Trinajstić information content (AvgIpc) is 3.63. The molecule has 2 atom stereocenters. The van der Waals surface area contributed by atoms with Crippen LogP contribution in [-0.4, -0.2) is 47.0 Å². The summed E-state index contributed by atoms with van der Waals surface area (Å²) >= 11 is 1.44. The number of rotatable bonds is 9. The van der Waals surface area contributed by atoms with E-state index in [1.165, 1.54) is 11.3 Å². The number of hydrogen-bond acceptors (Lipinski definition) is 9. The maximum Gasteiger partial charge on any atom is 0.232 e. The Bertz CT molecular complexity index is 1350. The van der Waals surface area contributed by atoms with E-state index in [1.807, 2.05) is 43.6 Å². The van der Waals surface area contributed by atoms with Crippen LogP contribution >= 0.6 is 11.3 Å². The zero-order valence-corrected chi connectivity index (χ0v) is 21.2. The van der Waals surface area contributed by atoms with Crippen LogP contribution in [0.15, 0.2) is 48.8 Å². The normalized spacial score (nSPS) is 17.0. The summed E-state index contributed by atoms with van der Waals surface area (Å²) in [5.74, 6) is 0.891. The number of carbonyl (C=O) groups excluding carboxylic acids is 2. The number of anilines is 2. The highest BCUT2D eigenvalue weighted by Gasteiger charge is 2.29. The lowest BCUT2D eigenvalue weighted by atomic mass is 10.00. The first-order valence-electron chi connectivity index (χ1n) is 12.1. The number of carbonyl (C=O) groups is 2. The number of aromatic nitrogens is 7. The second kappa shape index (κ2) is 11.3. The molecule has 1 unspecified atom stereocenters. The highest BCUT2D eigenvalue weighted by atomic mass is 32.1. The topological polar surface area (TPSA) is 140 Å². The van der Waals surface area contributed by atoms with Gasteiger partial charge in [-0.2, -0.15) is 10.2 Å². The van der Waals surface area contributed by atoms with Gasteiger partial charge in [0.05, 0.1) is 24.2 Å². The van der Waals surface area contributed by atoms with Crippen LogP contribution in [0.2, 0.25) is 0 Å². The van der Waals surface area contributed by atoms with Gasteiger partial charge in [0.1, 0.15) is 5.01 Å². The zero-order chi connectivity index (χ0) is 25.6. The molecule has 1 aliphatic rings. The van der Waals surface area contributed by atoms with Crippen LogP contribution in [0.5, 0.6) is 0 Å². The van der Waals surface area contributed by atoms with Gasteiger partial charge in [0.15, 0.2) is 5.82 Å². The van der Waals surface area contributed by atoms with Crippen LogP contribution in [0.1, 0.15) is 47.3 Å². The predicted octanol–water partition coefficient (Wildman–Crippen LogP) is 2.95. The van der Waals surface area contributed by atoms with E-state index in [1.54, 1.807) is 16.9 Å². The average molecular weight is 518 g/mol. The molecular weight excluding hydrogens is 490 g/mol. The fourth-order valence-corrected chi connectivity index (χ4v) is 5.41. The minimum absolute atomic E-state index is 0.152. The lowest BCUT2D eigenvalue weighted by Gasteiger charge is -2.09. The summed E-state index contributed by atoms with van der Waals surface area (Å²) in [4.78, 5) is 28.6. The Balaban J connectivity index is 1.08. The minimum Gasteiger partial charge on any atom is -0.309 e. The van der Waals surface area contributed by atoms with Crippen molar-refractivity contribution in [2.75, 3.05) is 10.6 Å². The number of hydrogen-bond donors (Lipinski definition) is 2. The molecule has 11 nitrogen and oxygen atoms in total. The summed E-state index contributed by atoms with van der Waals surface area (Å²) in [7, 11) is 1.82. The van der Waals surface area contributed by atoms with Crippen molar-refractivity contribution in [3.8, 4) is 0 Å². The molecule has 4 aromatic heterocycles. The fraction of sp³-hybridized carbons (Fsp3) is 0.360. The molecular formula is C25H27N9O2S. The maximum absolute atomic E-state index is 12.3. The smallest absolute Gasteiger partial charge is 0.232 e. The highest BCUT2D eigenvalue weighted by molar-refractivity contribution is 7.15. The maximum atomic E-state index is 12.3. The molecule has 5 rings (SSSR count). The van der Waals surface area contributed by atoms with Gasteiger partial charge in [-0.05, 0) is 61.9 Å². The van der Waals surface area contributed by atoms with E-state index in [-0.39, 0.29) is 24.7 Å². The Morgan fingerprint density at radius 2 is 1.81 bits per heavy atom. The number of pyridine rings is 1. The van der Waals surface area contributed by atoms with Crippen molar-refractivity contribution in [1.82, 2.24) is 35.2 Å². The van der Waals surface area contributed by atoms with Crippen molar-refractivity contribution in [3.05, 3.63) is 70.9 Å². The summed E-state index contributed by atoms with van der Waals surface area (Å²) in [5.41, 5.74) is 2.31. The predicted molar refractivity (Wildman–Crippen MR) is 138 cm³/mol. The number of aryl methyl sites for hydroxylation is 1. The van der Waals surface area contributed by atoms with Crippen LogP contribution in [0.25, 0.3) is 0 Å². The van der Waals surface area contributed by atoms with Crippen molar-refractivity contribution >= 4 is 34.1 Å². The molecule has 0 radical (unpaired) electrons. The van der Waals surface area contributed by atoms with E-state index < -0.39 is 0 Å². The standard InChI is InChI=1S/C25H27N9O2S/c1-34-11-9-20(33-34)15-23(36)28-25-32-31-24(37-25)17-6-5-16(12-17)13-19-7-8-21(30-29-19)27-22(35)14-18-4-2-3-10-26-18/h2-4,7-11,16-17H,5-6,12-15H2,1H3,(H,27,30,35)(H,28,32,36)/t16-,17?/m0/s1. The Kier molecular flexibility index (Phi) is 7.54. The van der Waals surface area contributed by atoms with Gasteiger partial charge in [-0.1, -0.05) is 17.4 Å². The zero-order valence-electron chi connectivity index (χ0n) is 20.4. The summed E-state index contributed by atoms with van der Waals surface area (Å²) in [6.07, 6.45) is 7.76. The molecule has 4 aromatic rings. The first kappa shape index (κ1) is 24.6. The van der Waals surface area contributed by atoms with Gasteiger partial charge in [-0.3, -0.25) is 19.3 Å². The lowest BCUT2D eigenvalue weighted by molar-refractivity contribution is -0.116. The van der Waals surface area contributed by atoms with Crippen molar-refractivity contribution in [2.24, 2.45) is 13.0 Å². The van der Waals surface area contributed by atoms with Crippen molar-refractivity contribution in [1.29, 1.82) is 0 Å². The minimum atomic E-state index is -0.177. The SMILES string of the molecule is Cn1ccc(CC(=O)Nc2nnc(C3CC[C@H](Cc4ccc(NC(=O)Cc5ccccn5)nn4)C3)s2)n1. The molecule has 190 valence electrons. The third-order valence-electron chi connectivity index (χ3n) is 6.24. The molecule has 2 amide bonds. The third-order valence-corrected chi connectivity index (χ3v) is 7.24. The molecule has 37 heavy (non-hydrogen) atoms. The molecule has 4 heterocycles. The van der Waals surface area contributed by atoms with E-state index >= 15 is 0 Å². The van der Waals surface area contributed by atoms with Crippen LogP contribution in [-0.2, 0) is 35.9 Å². The van der Waals surface area contributed by atoms with Gasteiger partial charge in [-0.25, -0.2) is 0 Å². The quantitative estimate of drug-likeness (QED) is 0.345. The Labute approximate surface area is 217 Å². The van der Waals surface area contributed by atoms with Crippen molar-refractivity contribution in [2.45, 2.75) is 44.4 Å². The molecule has 0 aliphatic heterocycles. The third kappa shape index (κ3) is 6.79. The van der Waals surface area contributed by atoms with Gasteiger partial charge >= 0.3 is 0 Å². The van der Waals surface area contributed by atoms with Crippen LogP contribution in [0.4, 0.5) is 10.9 Å². The Morgan fingerprint density at radius 1 is 0.946 bits per heavy atom. The molecule has 1 saturated carbocycles. The molecule has 1 fully saturated rings. The Morgan fingerprint density at radius 3 is 2.57 bits per heavy atom. The second-order valence-electron chi connectivity index (χ2n) is 9.19. The molecule has 0 saturated heterocycles. The second-order valence-corrected chi connectivity index (χ2v) is 10.2. The summed E-state index contributed by atoms with van der Waals surface area (Å²) < 4.78 is 1.67. The van der Waals surface area contributed by atoms with Gasteiger partial charge in [-0.15, -0.1) is 15.3 Å². The molecule has 0 aromatic carbocycles. The lowest BCUT2D eigenvalue weighted by Crippen LogP contribution is -2.16. The van der Waals surface area contributed by atoms with E-state index in [0.717, 1.165) is 36.4 Å². The molecule has 0 bridgehead atoms. The van der Waals surface area contributed by atoms with Crippen LogP contribution in [0.3, 0.4) is 0 Å². The van der Waals surface area contributed by atoms with Gasteiger partial charge < -0.3 is 10.6 Å². The first-order valence-corrected chi connectivity index (χ1v) is 13.0. The van der Waals surface area contributed by atoms with E-state index in [0.29, 0.717) is 34.2 Å². The largest absolute Gasteiger partial charge is 0.309 e. The van der Waals surface area contributed by atoms with Gasteiger partial charge in [0.2, 0.25) is 16.9 Å². The fourth-order valence-electron chi connectivity index (χ4n) is 4.51. The number of nitrogens with zero attached hydrogens (tertiary/aromatic N) is 7. The van der Waals surface area contributed by atoms with Crippen molar-refractivity contribution < 1.29 is 9.59 Å². The Hall–Kier alpha value is -4.06. The molecule has 0 spiro atoms. The molecule has 2 N–H and O–H groups in total. The van der Waals surface area contributed by atoms with E-state index in [4.69, 9.17) is 0 Å². The molecule has 1 aliphatic carbocycles. The van der Waals surface area contributed by atoms with Gasteiger partial charge in [0.25, 0.3) is 0 Å². The van der Waals surface area contributed by atoms with E-state index in [9.17, 15) is 9.59 Å². The molecule has 12 heteroatoms. The monoisotopic (exact) mass is 517 g/mol. The van der Waals surface area contributed by atoms with Gasteiger partial charge in [0, 0.05) is 31.1 Å². The van der Waals surface area contributed by atoms with E-state index in [2.05, 4.69) is 41.1 Å².